The quantitative estimate of drug-likeness (QED) is 0.253. The number of carbonyl (C=O) groups is 1. The second-order valence-electron chi connectivity index (χ2n) is 5.58. The van der Waals surface area contributed by atoms with Crippen LogP contribution in [0, 0.1) is 0 Å². The fourth-order valence-corrected chi connectivity index (χ4v) is 2.41. The first-order chi connectivity index (χ1) is 10.6. The summed E-state index contributed by atoms with van der Waals surface area (Å²) in [6.07, 6.45) is 9.44. The fraction of sp³-hybridized carbons (Fsp3) is 0.812. The van der Waals surface area contributed by atoms with Gasteiger partial charge in [0.1, 0.15) is 32.8 Å². The summed E-state index contributed by atoms with van der Waals surface area (Å²) in [6, 6.07) is 0. The van der Waals surface area contributed by atoms with E-state index in [0.29, 0.717) is 13.2 Å². The van der Waals surface area contributed by atoms with Crippen LogP contribution < -0.4 is 5.11 Å². The lowest BCUT2D eigenvalue weighted by molar-refractivity contribution is -0.923. The second kappa shape index (κ2) is 13.5. The minimum absolute atomic E-state index is 0.0691. The number of rotatable bonds is 15. The van der Waals surface area contributed by atoms with Gasteiger partial charge in [-0.1, -0.05) is 26.2 Å². The topological polar surface area (TPSA) is 89.8 Å². The van der Waals surface area contributed by atoms with Crippen molar-refractivity contribution in [3.8, 4) is 0 Å². The number of nitrogens with zero attached hydrogens (tertiary/aromatic N) is 1. The van der Waals surface area contributed by atoms with E-state index in [9.17, 15) is 9.90 Å². The maximum absolute atomic E-state index is 10.9. The first-order valence-corrected chi connectivity index (χ1v) is 8.13. The molecule has 0 saturated heterocycles. The van der Waals surface area contributed by atoms with Gasteiger partial charge in [0.25, 0.3) is 0 Å². The van der Waals surface area contributed by atoms with Crippen LogP contribution in [-0.2, 0) is 9.53 Å². The van der Waals surface area contributed by atoms with Crippen LogP contribution in [0.3, 0.4) is 0 Å². The highest BCUT2D eigenvalue weighted by Crippen LogP contribution is 2.06. The Labute approximate surface area is 133 Å². The number of aliphatic carboxylic acids is 1. The minimum Gasteiger partial charge on any atom is -0.544 e. The second-order valence-corrected chi connectivity index (χ2v) is 5.58. The molecule has 0 aromatic carbocycles. The SMILES string of the molecule is CCCCCC/C=C/OCC[N+](CCO)(CCO)CC(=O)[O-]. The lowest BCUT2D eigenvalue weighted by Gasteiger charge is -2.37. The number of carboxylic acids is 1. The maximum atomic E-state index is 10.9. The van der Waals surface area contributed by atoms with Crippen molar-refractivity contribution in [1.29, 1.82) is 0 Å². The summed E-state index contributed by atoms with van der Waals surface area (Å²) in [6.45, 7) is 2.95. The van der Waals surface area contributed by atoms with Gasteiger partial charge >= 0.3 is 0 Å². The molecule has 0 spiro atoms. The summed E-state index contributed by atoms with van der Waals surface area (Å²) >= 11 is 0. The molecule has 0 amide bonds. The van der Waals surface area contributed by atoms with Gasteiger partial charge in [-0.25, -0.2) is 0 Å². The highest BCUT2D eigenvalue weighted by molar-refractivity contribution is 5.65. The molecule has 0 atom stereocenters. The van der Waals surface area contributed by atoms with E-state index >= 15 is 0 Å². The third kappa shape index (κ3) is 10.6. The lowest BCUT2D eigenvalue weighted by Crippen LogP contribution is -2.58. The molecule has 130 valence electrons. The van der Waals surface area contributed by atoms with Crippen molar-refractivity contribution in [2.24, 2.45) is 0 Å². The van der Waals surface area contributed by atoms with Gasteiger partial charge in [-0.15, -0.1) is 0 Å². The van der Waals surface area contributed by atoms with E-state index in [1.165, 1.54) is 19.3 Å². The number of allylic oxidation sites excluding steroid dienone is 1. The van der Waals surface area contributed by atoms with Crippen LogP contribution >= 0.6 is 0 Å². The van der Waals surface area contributed by atoms with Gasteiger partial charge < -0.3 is 29.3 Å². The van der Waals surface area contributed by atoms with E-state index in [4.69, 9.17) is 14.9 Å². The van der Waals surface area contributed by atoms with Crippen LogP contribution in [0.4, 0.5) is 0 Å². The van der Waals surface area contributed by atoms with Gasteiger partial charge in [-0.3, -0.25) is 0 Å². The zero-order valence-corrected chi connectivity index (χ0v) is 13.7. The van der Waals surface area contributed by atoms with Crippen molar-refractivity contribution in [3.63, 3.8) is 0 Å². The average molecular weight is 317 g/mol. The summed E-state index contributed by atoms with van der Waals surface area (Å²) in [5, 5.41) is 29.1. The number of unbranched alkanes of at least 4 members (excludes halogenated alkanes) is 4. The fourth-order valence-electron chi connectivity index (χ4n) is 2.41. The Balaban J connectivity index is 4.10. The third-order valence-corrected chi connectivity index (χ3v) is 3.71. The Morgan fingerprint density at radius 3 is 2.36 bits per heavy atom. The number of aliphatic hydroxyl groups excluding tert-OH is 2. The van der Waals surface area contributed by atoms with Crippen molar-refractivity contribution in [2.75, 3.05) is 46.0 Å². The molecule has 6 nitrogen and oxygen atoms in total. The molecule has 0 aromatic heterocycles. The van der Waals surface area contributed by atoms with Crippen molar-refractivity contribution >= 4 is 5.97 Å². The predicted octanol–water partition coefficient (Wildman–Crippen LogP) is 0.0384. The molecule has 0 saturated carbocycles. The molecule has 0 aliphatic heterocycles. The Bertz CT molecular complexity index is 301. The van der Waals surface area contributed by atoms with Crippen molar-refractivity contribution in [2.45, 2.75) is 39.0 Å². The van der Waals surface area contributed by atoms with E-state index in [2.05, 4.69) is 6.92 Å². The van der Waals surface area contributed by atoms with Crippen LogP contribution in [-0.4, -0.2) is 66.7 Å². The number of hydrogen-bond acceptors (Lipinski definition) is 5. The smallest absolute Gasteiger partial charge is 0.136 e. The van der Waals surface area contributed by atoms with Gasteiger partial charge in [0.15, 0.2) is 0 Å². The van der Waals surface area contributed by atoms with Crippen LogP contribution in [0.15, 0.2) is 12.3 Å². The summed E-state index contributed by atoms with van der Waals surface area (Å²) in [5.41, 5.74) is 0. The molecular formula is C16H31NO5. The first kappa shape index (κ1) is 20.9. The number of quaternary nitrogens is 1. The summed E-state index contributed by atoms with van der Waals surface area (Å²) in [4.78, 5) is 10.9. The van der Waals surface area contributed by atoms with Crippen molar-refractivity contribution in [3.05, 3.63) is 12.3 Å². The zero-order chi connectivity index (χ0) is 16.7. The van der Waals surface area contributed by atoms with Gasteiger partial charge in [-0.2, -0.15) is 0 Å². The van der Waals surface area contributed by atoms with E-state index in [0.717, 1.165) is 12.8 Å². The molecule has 0 aliphatic carbocycles. The normalized spacial score (nSPS) is 12.0. The van der Waals surface area contributed by atoms with E-state index in [-0.39, 0.29) is 37.3 Å². The van der Waals surface area contributed by atoms with Gasteiger partial charge in [-0.05, 0) is 18.9 Å². The summed E-state index contributed by atoms with van der Waals surface area (Å²) in [7, 11) is 0. The van der Waals surface area contributed by atoms with Crippen LogP contribution in [0.2, 0.25) is 0 Å². The molecule has 2 N–H and O–H groups in total. The number of carboxylic acid groups (broad SMARTS) is 1. The number of carbonyl (C=O) groups excluding carboxylic acids is 1. The number of hydrogen-bond donors (Lipinski definition) is 2. The van der Waals surface area contributed by atoms with Gasteiger partial charge in [0.2, 0.25) is 0 Å². The van der Waals surface area contributed by atoms with Crippen LogP contribution in [0.25, 0.3) is 0 Å². The molecule has 0 bridgehead atoms. The largest absolute Gasteiger partial charge is 0.544 e. The molecule has 22 heavy (non-hydrogen) atoms. The summed E-state index contributed by atoms with van der Waals surface area (Å²) < 4.78 is 5.47. The minimum atomic E-state index is -1.19. The highest BCUT2D eigenvalue weighted by Gasteiger charge is 2.26. The highest BCUT2D eigenvalue weighted by atomic mass is 16.5. The van der Waals surface area contributed by atoms with E-state index < -0.39 is 5.97 Å². The number of ether oxygens (including phenoxy) is 1. The molecule has 0 radical (unpaired) electrons. The molecule has 0 aromatic rings. The standard InChI is InChI=1S/C16H31NO5/c1-2-3-4-5-6-7-13-22-14-10-17(8-11-18,9-12-19)15-16(20)21/h7,13,18-19H,2-6,8-12,14-15H2,1H3/b13-7+. The van der Waals surface area contributed by atoms with Crippen LogP contribution in [0.5, 0.6) is 0 Å². The molecule has 0 aliphatic rings. The van der Waals surface area contributed by atoms with Crippen molar-refractivity contribution in [1.82, 2.24) is 0 Å². The third-order valence-electron chi connectivity index (χ3n) is 3.71. The monoisotopic (exact) mass is 317 g/mol. The Hall–Kier alpha value is -1.11. The van der Waals surface area contributed by atoms with E-state index in [1.807, 2.05) is 6.08 Å². The number of aliphatic hydroxyl groups is 2. The predicted molar refractivity (Wildman–Crippen MR) is 82.8 cm³/mol. The molecule has 0 fully saturated rings. The maximum Gasteiger partial charge on any atom is 0.136 e. The molecule has 6 heteroatoms. The average Bonchev–Trinajstić information content (AvgIpc) is 2.45. The Morgan fingerprint density at radius 2 is 1.82 bits per heavy atom. The molecular weight excluding hydrogens is 286 g/mol. The van der Waals surface area contributed by atoms with Crippen LogP contribution in [0.1, 0.15) is 39.0 Å². The summed E-state index contributed by atoms with van der Waals surface area (Å²) in [5.74, 6) is -1.19. The van der Waals surface area contributed by atoms with Gasteiger partial charge in [0.05, 0.1) is 25.4 Å². The van der Waals surface area contributed by atoms with Gasteiger partial charge in [0, 0.05) is 0 Å². The molecule has 0 rings (SSSR count). The van der Waals surface area contributed by atoms with E-state index in [1.54, 1.807) is 6.26 Å². The van der Waals surface area contributed by atoms with Crippen molar-refractivity contribution < 1.29 is 29.3 Å². The first-order valence-electron chi connectivity index (χ1n) is 8.13. The zero-order valence-electron chi connectivity index (χ0n) is 13.7. The Kier molecular flexibility index (Phi) is 12.9. The Morgan fingerprint density at radius 1 is 1.14 bits per heavy atom. The molecule has 0 heterocycles. The molecule has 0 unspecified atom stereocenters. The lowest BCUT2D eigenvalue weighted by atomic mass is 10.1.